The fraction of sp³-hybridized carbons (Fsp3) is 0.250. The first-order valence-electron chi connectivity index (χ1n) is 8.46. The van der Waals surface area contributed by atoms with Gasteiger partial charge in [0.1, 0.15) is 23.9 Å². The Balaban J connectivity index is 1.91. The highest BCUT2D eigenvalue weighted by atomic mass is 35.5. The van der Waals surface area contributed by atoms with Crippen molar-refractivity contribution in [2.45, 2.75) is 32.9 Å². The van der Waals surface area contributed by atoms with Gasteiger partial charge in [-0.25, -0.2) is 4.79 Å². The zero-order chi connectivity index (χ0) is 18.8. The van der Waals surface area contributed by atoms with Crippen molar-refractivity contribution < 1.29 is 14.8 Å². The number of phenols is 1. The topological polar surface area (TPSA) is 67.0 Å². The largest absolute Gasteiger partial charge is 0.508 e. The van der Waals surface area contributed by atoms with Gasteiger partial charge in [-0.1, -0.05) is 36.2 Å². The van der Waals surface area contributed by atoms with Crippen LogP contribution in [0.2, 0.25) is 10.0 Å². The second-order valence-corrected chi connectivity index (χ2v) is 7.16. The van der Waals surface area contributed by atoms with Crippen molar-refractivity contribution in [3.63, 3.8) is 0 Å². The van der Waals surface area contributed by atoms with Gasteiger partial charge in [0.25, 0.3) is 0 Å². The maximum absolute atomic E-state index is 11.9. The van der Waals surface area contributed by atoms with Gasteiger partial charge in [-0.3, -0.25) is 0 Å². The molecule has 0 saturated carbocycles. The Kier molecular flexibility index (Phi) is 5.56. The number of aryl methyl sites for hydroxylation is 1. The molecule has 26 heavy (non-hydrogen) atoms. The molecule has 0 aliphatic heterocycles. The van der Waals surface area contributed by atoms with Crippen molar-refractivity contribution >= 4 is 34.2 Å². The van der Waals surface area contributed by atoms with Crippen molar-refractivity contribution in [3.05, 3.63) is 73.6 Å². The number of quaternary nitrogens is 1. The number of fused-ring (bicyclic) bond motifs is 1. The molecule has 3 aromatic rings. The lowest BCUT2D eigenvalue weighted by Crippen LogP contribution is -2.83. The quantitative estimate of drug-likeness (QED) is 0.639. The summed E-state index contributed by atoms with van der Waals surface area (Å²) in [4.78, 5) is 11.9. The molecule has 1 heterocycles. The highest BCUT2D eigenvalue weighted by molar-refractivity contribution is 6.35. The van der Waals surface area contributed by atoms with Crippen molar-refractivity contribution in [1.82, 2.24) is 0 Å². The number of phenolic OH excluding ortho intramolecular Hbond substituents is 1. The summed E-state index contributed by atoms with van der Waals surface area (Å²) in [6.07, 6.45) is 0.695. The number of hydrogen-bond donors (Lipinski definition) is 2. The van der Waals surface area contributed by atoms with Crippen LogP contribution in [0.25, 0.3) is 11.0 Å². The summed E-state index contributed by atoms with van der Waals surface area (Å²) < 4.78 is 5.24. The van der Waals surface area contributed by atoms with Gasteiger partial charge in [-0.15, -0.1) is 0 Å². The fourth-order valence-electron chi connectivity index (χ4n) is 3.06. The summed E-state index contributed by atoms with van der Waals surface area (Å²) in [5.74, 6) is 0.144. The van der Waals surface area contributed by atoms with E-state index in [9.17, 15) is 9.90 Å². The molecule has 2 aromatic carbocycles. The van der Waals surface area contributed by atoms with Crippen molar-refractivity contribution in [1.29, 1.82) is 0 Å². The maximum Gasteiger partial charge on any atom is 0.336 e. The highest BCUT2D eigenvalue weighted by Gasteiger charge is 2.16. The molecule has 136 valence electrons. The molecule has 6 heteroatoms. The van der Waals surface area contributed by atoms with E-state index in [2.05, 4.69) is 5.32 Å². The summed E-state index contributed by atoms with van der Waals surface area (Å²) >= 11 is 12.2. The molecular formula is C20H20Cl2NO3+. The predicted molar refractivity (Wildman–Crippen MR) is 104 cm³/mol. The number of aromatic hydroxyl groups is 1. The Labute approximate surface area is 161 Å². The minimum absolute atomic E-state index is 0.0878. The molecule has 3 N–H and O–H groups in total. The third-order valence-electron chi connectivity index (χ3n) is 4.55. The Bertz CT molecular complexity index is 1010. The first-order chi connectivity index (χ1) is 12.4. The SMILES string of the molecule is CCc1cc2c(C[NH2+][C@H](C)c3ccc(Cl)cc3Cl)cc(=O)oc2cc1O. The van der Waals surface area contributed by atoms with E-state index in [4.69, 9.17) is 27.6 Å². The van der Waals surface area contributed by atoms with Gasteiger partial charge in [-0.05, 0) is 37.1 Å². The molecule has 3 rings (SSSR count). The number of rotatable bonds is 5. The van der Waals surface area contributed by atoms with E-state index < -0.39 is 5.63 Å². The number of hydrogen-bond acceptors (Lipinski definition) is 3. The zero-order valence-electron chi connectivity index (χ0n) is 14.6. The summed E-state index contributed by atoms with van der Waals surface area (Å²) in [5, 5.41) is 14.2. The van der Waals surface area contributed by atoms with Gasteiger partial charge in [0.2, 0.25) is 0 Å². The number of halogens is 2. The van der Waals surface area contributed by atoms with E-state index in [1.54, 1.807) is 6.07 Å². The van der Waals surface area contributed by atoms with Gasteiger partial charge in [0, 0.05) is 33.7 Å². The van der Waals surface area contributed by atoms with Gasteiger partial charge < -0.3 is 14.8 Å². The van der Waals surface area contributed by atoms with Crippen LogP contribution in [0, 0.1) is 0 Å². The third-order valence-corrected chi connectivity index (χ3v) is 5.12. The first-order valence-corrected chi connectivity index (χ1v) is 9.21. The van der Waals surface area contributed by atoms with Crippen LogP contribution >= 0.6 is 23.2 Å². The molecule has 1 aromatic heterocycles. The van der Waals surface area contributed by atoms with Crippen molar-refractivity contribution in [2.75, 3.05) is 0 Å². The van der Waals surface area contributed by atoms with Crippen LogP contribution in [0.4, 0.5) is 0 Å². The smallest absolute Gasteiger partial charge is 0.336 e. The van der Waals surface area contributed by atoms with Crippen LogP contribution in [0.15, 0.2) is 45.6 Å². The van der Waals surface area contributed by atoms with Gasteiger partial charge in [0.05, 0.1) is 5.02 Å². The molecule has 0 amide bonds. The standard InChI is InChI=1S/C20H19Cl2NO3/c1-3-12-6-16-13(7-20(25)26-19(16)9-18(12)24)10-23-11(2)15-5-4-14(21)8-17(15)22/h4-9,11,23-24H,3,10H2,1-2H3/p+1/t11-/m1/s1. The second-order valence-electron chi connectivity index (χ2n) is 6.32. The van der Waals surface area contributed by atoms with Crippen molar-refractivity contribution in [3.8, 4) is 5.75 Å². The lowest BCUT2D eigenvalue weighted by molar-refractivity contribution is -0.707. The second kappa shape index (κ2) is 7.70. The molecule has 0 saturated heterocycles. The van der Waals surface area contributed by atoms with E-state index in [1.165, 1.54) is 12.1 Å². The van der Waals surface area contributed by atoms with E-state index in [0.717, 1.165) is 22.1 Å². The number of nitrogens with two attached hydrogens (primary N) is 1. The van der Waals surface area contributed by atoms with E-state index in [-0.39, 0.29) is 11.8 Å². The van der Waals surface area contributed by atoms with Crippen LogP contribution in [0.1, 0.15) is 36.6 Å². The Morgan fingerprint density at radius 2 is 1.92 bits per heavy atom. The molecular weight excluding hydrogens is 373 g/mol. The first kappa shape index (κ1) is 18.8. The molecule has 0 unspecified atom stereocenters. The fourth-order valence-corrected chi connectivity index (χ4v) is 3.64. The lowest BCUT2D eigenvalue weighted by atomic mass is 10.0. The van der Waals surface area contributed by atoms with Crippen LogP contribution in [0.3, 0.4) is 0 Å². The average molecular weight is 393 g/mol. The maximum atomic E-state index is 11.9. The highest BCUT2D eigenvalue weighted by Crippen LogP contribution is 2.27. The summed E-state index contributed by atoms with van der Waals surface area (Å²) in [6.45, 7) is 4.60. The third kappa shape index (κ3) is 3.88. The van der Waals surface area contributed by atoms with Crippen LogP contribution in [0.5, 0.6) is 5.75 Å². The van der Waals surface area contributed by atoms with Crippen LogP contribution < -0.4 is 10.9 Å². The monoisotopic (exact) mass is 392 g/mol. The number of benzene rings is 2. The van der Waals surface area contributed by atoms with E-state index >= 15 is 0 Å². The van der Waals surface area contributed by atoms with Gasteiger partial charge >= 0.3 is 5.63 Å². The summed E-state index contributed by atoms with van der Waals surface area (Å²) in [5.41, 5.74) is 2.63. The molecule has 1 atom stereocenters. The molecule has 0 spiro atoms. The Morgan fingerprint density at radius 1 is 1.15 bits per heavy atom. The van der Waals surface area contributed by atoms with E-state index in [0.29, 0.717) is 28.6 Å². The normalized spacial score (nSPS) is 12.5. The average Bonchev–Trinajstić information content (AvgIpc) is 2.58. The van der Waals surface area contributed by atoms with E-state index in [1.807, 2.05) is 32.0 Å². The minimum Gasteiger partial charge on any atom is -0.508 e. The Morgan fingerprint density at radius 3 is 2.62 bits per heavy atom. The zero-order valence-corrected chi connectivity index (χ0v) is 16.1. The molecule has 4 nitrogen and oxygen atoms in total. The lowest BCUT2D eigenvalue weighted by Gasteiger charge is -2.14. The molecule has 0 fully saturated rings. The molecule has 0 aliphatic carbocycles. The van der Waals surface area contributed by atoms with Gasteiger partial charge in [-0.2, -0.15) is 0 Å². The molecule has 0 radical (unpaired) electrons. The molecule has 0 aliphatic rings. The summed E-state index contributed by atoms with van der Waals surface area (Å²) in [7, 11) is 0. The predicted octanol–water partition coefficient (Wildman–Crippen LogP) is 4.19. The minimum atomic E-state index is -0.429. The van der Waals surface area contributed by atoms with Crippen LogP contribution in [-0.4, -0.2) is 5.11 Å². The summed E-state index contributed by atoms with van der Waals surface area (Å²) in [6, 6.07) is 10.4. The van der Waals surface area contributed by atoms with Crippen molar-refractivity contribution in [2.24, 2.45) is 0 Å². The van der Waals surface area contributed by atoms with Gasteiger partial charge in [0.15, 0.2) is 0 Å². The Hall–Kier alpha value is -2.01. The van der Waals surface area contributed by atoms with Crippen LogP contribution in [-0.2, 0) is 13.0 Å². The molecule has 0 bridgehead atoms.